The van der Waals surface area contributed by atoms with Crippen LogP contribution in [0.15, 0.2) is 24.3 Å². The van der Waals surface area contributed by atoms with Gasteiger partial charge in [-0.1, -0.05) is 90.4 Å². The molecule has 1 rings (SSSR count). The van der Waals surface area contributed by atoms with E-state index in [1.807, 2.05) is 12.1 Å². The summed E-state index contributed by atoms with van der Waals surface area (Å²) in [7, 11) is 3.47. The predicted molar refractivity (Wildman–Crippen MR) is 136 cm³/mol. The van der Waals surface area contributed by atoms with Gasteiger partial charge in [0.1, 0.15) is 0 Å². The van der Waals surface area contributed by atoms with E-state index in [1.54, 1.807) is 31.1 Å². The first kappa shape index (κ1) is 28.0. The second kappa shape index (κ2) is 18.5. The monoisotopic (exact) mass is 445 g/mol. The molecule has 2 amide bonds. The van der Waals surface area contributed by atoms with Crippen molar-refractivity contribution in [3.63, 3.8) is 0 Å². The van der Waals surface area contributed by atoms with Gasteiger partial charge in [-0.2, -0.15) is 0 Å². The highest BCUT2D eigenvalue weighted by Gasteiger charge is 2.07. The fourth-order valence-electron chi connectivity index (χ4n) is 3.78. The normalized spacial score (nSPS) is 10.7. The topological polar surface area (TPSA) is 61.4 Å². The number of carbonyl (C=O) groups excluding carboxylic acids is 2. The van der Waals surface area contributed by atoms with Gasteiger partial charge in [0.25, 0.3) is 5.91 Å². The van der Waals surface area contributed by atoms with Crippen LogP contribution in [0.2, 0.25) is 0 Å². The molecule has 0 spiro atoms. The molecule has 0 heterocycles. The summed E-state index contributed by atoms with van der Waals surface area (Å²) in [4.78, 5) is 25.4. The Hall–Kier alpha value is -2.04. The Morgan fingerprint density at radius 1 is 0.719 bits per heavy atom. The zero-order chi connectivity index (χ0) is 23.4. The van der Waals surface area contributed by atoms with Gasteiger partial charge < -0.3 is 15.5 Å². The van der Waals surface area contributed by atoms with Gasteiger partial charge in [-0.3, -0.25) is 9.59 Å². The lowest BCUT2D eigenvalue weighted by molar-refractivity contribution is -0.119. The van der Waals surface area contributed by atoms with Gasteiger partial charge in [-0.25, -0.2) is 0 Å². The van der Waals surface area contributed by atoms with Crippen LogP contribution in [-0.4, -0.2) is 43.9 Å². The van der Waals surface area contributed by atoms with Crippen LogP contribution in [0.4, 0.5) is 5.69 Å². The molecule has 0 aliphatic rings. The average molecular weight is 446 g/mol. The molecule has 0 aliphatic heterocycles. The summed E-state index contributed by atoms with van der Waals surface area (Å²) in [6, 6.07) is 7.21. The van der Waals surface area contributed by atoms with Crippen molar-refractivity contribution in [2.24, 2.45) is 0 Å². The van der Waals surface area contributed by atoms with Gasteiger partial charge in [0, 0.05) is 31.9 Å². The number of nitrogens with zero attached hydrogens (tertiary/aromatic N) is 1. The first-order valence-electron chi connectivity index (χ1n) is 12.9. The van der Waals surface area contributed by atoms with Crippen LogP contribution >= 0.6 is 0 Å². The first-order valence-corrected chi connectivity index (χ1v) is 12.9. The molecule has 32 heavy (non-hydrogen) atoms. The Bertz CT molecular complexity index is 614. The summed E-state index contributed by atoms with van der Waals surface area (Å²) in [5.41, 5.74) is 1.48. The second-order valence-corrected chi connectivity index (χ2v) is 9.08. The molecule has 5 nitrogen and oxygen atoms in total. The van der Waals surface area contributed by atoms with Crippen LogP contribution in [0, 0.1) is 0 Å². The quantitative estimate of drug-likeness (QED) is 0.242. The Balaban J connectivity index is 1.92. The molecule has 0 bridgehead atoms. The zero-order valence-electron chi connectivity index (χ0n) is 20.9. The van der Waals surface area contributed by atoms with Crippen LogP contribution in [0.5, 0.6) is 0 Å². The summed E-state index contributed by atoms with van der Waals surface area (Å²) in [6.07, 6.45) is 18.8. The molecular weight excluding hydrogens is 398 g/mol. The fourth-order valence-corrected chi connectivity index (χ4v) is 3.78. The lowest BCUT2D eigenvalue weighted by atomic mass is 10.0. The molecular formula is C27H47N3O2. The molecule has 0 radical (unpaired) electrons. The van der Waals surface area contributed by atoms with E-state index in [9.17, 15) is 9.59 Å². The standard InChI is InChI=1S/C27H47N3O2/c1-4-5-6-7-8-9-10-11-12-13-14-15-16-17-22-28-26(31)23-29-25-20-18-24(19-21-25)27(32)30(2)3/h18-21,29H,4-17,22-23H2,1-3H3,(H,28,31). The SMILES string of the molecule is CCCCCCCCCCCCCCCCNC(=O)CNc1ccc(C(=O)N(C)C)cc1. The van der Waals surface area contributed by atoms with Crippen molar-refractivity contribution in [2.75, 3.05) is 32.5 Å². The predicted octanol–water partition coefficient (Wildman–Crippen LogP) is 6.40. The van der Waals surface area contributed by atoms with Crippen molar-refractivity contribution in [2.45, 2.75) is 96.8 Å². The van der Waals surface area contributed by atoms with Gasteiger partial charge in [0.05, 0.1) is 6.54 Å². The molecule has 0 saturated heterocycles. The van der Waals surface area contributed by atoms with Crippen molar-refractivity contribution in [3.05, 3.63) is 29.8 Å². The molecule has 182 valence electrons. The smallest absolute Gasteiger partial charge is 0.253 e. The van der Waals surface area contributed by atoms with E-state index in [0.29, 0.717) is 5.56 Å². The van der Waals surface area contributed by atoms with Gasteiger partial charge in [0.2, 0.25) is 5.91 Å². The summed E-state index contributed by atoms with van der Waals surface area (Å²) < 4.78 is 0. The summed E-state index contributed by atoms with van der Waals surface area (Å²) in [6.45, 7) is 3.27. The third-order valence-corrected chi connectivity index (χ3v) is 5.84. The highest BCUT2D eigenvalue weighted by Crippen LogP contribution is 2.13. The van der Waals surface area contributed by atoms with E-state index in [2.05, 4.69) is 17.6 Å². The number of benzene rings is 1. The number of anilines is 1. The largest absolute Gasteiger partial charge is 0.376 e. The minimum absolute atomic E-state index is 0.00754. The Kier molecular flexibility index (Phi) is 16.2. The highest BCUT2D eigenvalue weighted by atomic mass is 16.2. The van der Waals surface area contributed by atoms with E-state index in [1.165, 1.54) is 83.5 Å². The second-order valence-electron chi connectivity index (χ2n) is 9.08. The maximum absolute atomic E-state index is 12.0. The van der Waals surface area contributed by atoms with Crippen LogP contribution in [0.1, 0.15) is 107 Å². The lowest BCUT2D eigenvalue weighted by Crippen LogP contribution is -2.30. The Morgan fingerprint density at radius 3 is 1.66 bits per heavy atom. The molecule has 0 fully saturated rings. The van der Waals surface area contributed by atoms with Crippen molar-refractivity contribution >= 4 is 17.5 Å². The Morgan fingerprint density at radius 2 is 1.19 bits per heavy atom. The molecule has 0 aliphatic carbocycles. The van der Waals surface area contributed by atoms with Crippen molar-refractivity contribution in [3.8, 4) is 0 Å². The molecule has 1 aromatic carbocycles. The third kappa shape index (κ3) is 14.1. The first-order chi connectivity index (χ1) is 15.5. The molecule has 0 aromatic heterocycles. The number of nitrogens with one attached hydrogen (secondary N) is 2. The summed E-state index contributed by atoms with van der Waals surface area (Å²) in [5, 5.41) is 6.08. The molecule has 0 atom stereocenters. The molecule has 5 heteroatoms. The summed E-state index contributed by atoms with van der Waals surface area (Å²) >= 11 is 0. The van der Waals surface area contributed by atoms with E-state index in [4.69, 9.17) is 0 Å². The van der Waals surface area contributed by atoms with Gasteiger partial charge in [-0.15, -0.1) is 0 Å². The molecule has 0 saturated carbocycles. The number of hydrogen-bond donors (Lipinski definition) is 2. The third-order valence-electron chi connectivity index (χ3n) is 5.84. The molecule has 2 N–H and O–H groups in total. The number of rotatable bonds is 19. The maximum atomic E-state index is 12.0. The van der Waals surface area contributed by atoms with E-state index < -0.39 is 0 Å². The maximum Gasteiger partial charge on any atom is 0.253 e. The average Bonchev–Trinajstić information content (AvgIpc) is 2.80. The zero-order valence-corrected chi connectivity index (χ0v) is 20.9. The fraction of sp³-hybridized carbons (Fsp3) is 0.704. The Labute approximate surface area is 196 Å². The van der Waals surface area contributed by atoms with Crippen molar-refractivity contribution in [1.29, 1.82) is 0 Å². The van der Waals surface area contributed by atoms with Gasteiger partial charge >= 0.3 is 0 Å². The van der Waals surface area contributed by atoms with E-state index in [0.717, 1.165) is 18.7 Å². The highest BCUT2D eigenvalue weighted by molar-refractivity contribution is 5.94. The lowest BCUT2D eigenvalue weighted by Gasteiger charge is -2.11. The van der Waals surface area contributed by atoms with Crippen molar-refractivity contribution < 1.29 is 9.59 Å². The minimum atomic E-state index is -0.0255. The number of amides is 2. The van der Waals surface area contributed by atoms with Crippen molar-refractivity contribution in [1.82, 2.24) is 10.2 Å². The number of carbonyl (C=O) groups is 2. The number of unbranched alkanes of at least 4 members (excludes halogenated alkanes) is 13. The van der Waals surface area contributed by atoms with Crippen LogP contribution in [0.25, 0.3) is 0 Å². The van der Waals surface area contributed by atoms with Crippen LogP contribution < -0.4 is 10.6 Å². The van der Waals surface area contributed by atoms with Crippen LogP contribution in [-0.2, 0) is 4.79 Å². The molecule has 0 unspecified atom stereocenters. The van der Waals surface area contributed by atoms with Gasteiger partial charge in [0.15, 0.2) is 0 Å². The van der Waals surface area contributed by atoms with Crippen LogP contribution in [0.3, 0.4) is 0 Å². The minimum Gasteiger partial charge on any atom is -0.376 e. The van der Waals surface area contributed by atoms with E-state index >= 15 is 0 Å². The number of hydrogen-bond acceptors (Lipinski definition) is 3. The van der Waals surface area contributed by atoms with E-state index in [-0.39, 0.29) is 18.4 Å². The molecule has 1 aromatic rings. The van der Waals surface area contributed by atoms with Gasteiger partial charge in [-0.05, 0) is 30.7 Å². The summed E-state index contributed by atoms with van der Waals surface area (Å²) in [5.74, 6) is -0.0180.